The van der Waals surface area contributed by atoms with Crippen LogP contribution in [0.4, 0.5) is 0 Å². The van der Waals surface area contributed by atoms with Gasteiger partial charge in [-0.25, -0.2) is 9.13 Å². The molecule has 0 heterocycles. The van der Waals surface area contributed by atoms with Crippen molar-refractivity contribution >= 4 is 39.5 Å². The van der Waals surface area contributed by atoms with Crippen molar-refractivity contribution in [3.05, 3.63) is 97.2 Å². The maximum absolute atomic E-state index is 13.1. The number of phosphoric acid groups is 2. The second kappa shape index (κ2) is 73.3. The van der Waals surface area contributed by atoms with Gasteiger partial charge in [-0.15, -0.1) is 0 Å². The second-order valence-corrected chi connectivity index (χ2v) is 29.3. The predicted molar refractivity (Wildman–Crippen MR) is 409 cm³/mol. The van der Waals surface area contributed by atoms with E-state index in [4.69, 9.17) is 37.0 Å². The number of phosphoric ester groups is 2. The van der Waals surface area contributed by atoms with Crippen molar-refractivity contribution in [3.8, 4) is 0 Å². The van der Waals surface area contributed by atoms with E-state index in [1.165, 1.54) is 89.9 Å². The van der Waals surface area contributed by atoms with Gasteiger partial charge in [0.15, 0.2) is 12.2 Å². The van der Waals surface area contributed by atoms with E-state index in [9.17, 15) is 43.2 Å². The van der Waals surface area contributed by atoms with Gasteiger partial charge in [0.05, 0.1) is 26.4 Å². The molecule has 578 valence electrons. The Bertz CT molecular complexity index is 2270. The number of hydrogen-bond acceptors (Lipinski definition) is 15. The van der Waals surface area contributed by atoms with Gasteiger partial charge in [-0.3, -0.25) is 37.3 Å². The van der Waals surface area contributed by atoms with Crippen molar-refractivity contribution in [2.45, 2.75) is 354 Å². The maximum Gasteiger partial charge on any atom is 0.472 e. The van der Waals surface area contributed by atoms with Crippen LogP contribution in [0.2, 0.25) is 0 Å². The number of rotatable bonds is 74. The van der Waals surface area contributed by atoms with Crippen molar-refractivity contribution < 1.29 is 80.2 Å². The molecule has 0 aliphatic carbocycles. The van der Waals surface area contributed by atoms with Crippen molar-refractivity contribution in [2.24, 2.45) is 0 Å². The van der Waals surface area contributed by atoms with Crippen molar-refractivity contribution in [3.63, 3.8) is 0 Å². The van der Waals surface area contributed by atoms with Gasteiger partial charge in [-0.05, 0) is 141 Å². The summed E-state index contributed by atoms with van der Waals surface area (Å²) in [6, 6.07) is 0. The van der Waals surface area contributed by atoms with Gasteiger partial charge >= 0.3 is 39.5 Å². The third kappa shape index (κ3) is 72.3. The van der Waals surface area contributed by atoms with Crippen molar-refractivity contribution in [1.29, 1.82) is 0 Å². The Labute approximate surface area is 607 Å². The van der Waals surface area contributed by atoms with Crippen molar-refractivity contribution in [2.75, 3.05) is 39.6 Å². The Morgan fingerprint density at radius 1 is 0.290 bits per heavy atom. The molecule has 3 N–H and O–H groups in total. The molecule has 0 saturated carbocycles. The fraction of sp³-hybridized carbons (Fsp3) is 0.753. The highest BCUT2D eigenvalue weighted by Gasteiger charge is 2.30. The van der Waals surface area contributed by atoms with Gasteiger partial charge in [-0.1, -0.05) is 266 Å². The van der Waals surface area contributed by atoms with Crippen LogP contribution in [0.15, 0.2) is 97.2 Å². The third-order valence-corrected chi connectivity index (χ3v) is 18.4. The van der Waals surface area contributed by atoms with E-state index in [0.717, 1.165) is 167 Å². The molecule has 5 atom stereocenters. The molecule has 0 rings (SSSR count). The summed E-state index contributed by atoms with van der Waals surface area (Å²) in [6.45, 7) is 4.74. The molecule has 0 bridgehead atoms. The number of carbonyl (C=O) groups excluding carboxylic acids is 4. The van der Waals surface area contributed by atoms with E-state index in [1.54, 1.807) is 0 Å². The maximum atomic E-state index is 13.1. The zero-order valence-corrected chi connectivity index (χ0v) is 64.9. The number of esters is 4. The summed E-state index contributed by atoms with van der Waals surface area (Å²) in [4.78, 5) is 72.9. The van der Waals surface area contributed by atoms with Crippen LogP contribution in [0.5, 0.6) is 0 Å². The van der Waals surface area contributed by atoms with E-state index in [-0.39, 0.29) is 25.7 Å². The molecule has 19 heteroatoms. The molecule has 17 nitrogen and oxygen atoms in total. The number of allylic oxidation sites excluding steroid dienone is 16. The first-order valence-electron chi connectivity index (χ1n) is 39.5. The summed E-state index contributed by atoms with van der Waals surface area (Å²) >= 11 is 0. The SMILES string of the molecule is CCCCC/C=C\C/C=C\CCCCCCCC(=O)OC[C@H](COP(=O)(O)OC[C@@H](O)COP(=O)(O)OC[C@@H](COC(=O)CCCCCCC/C=C\C=C/CCCCCC)OC(=O)CCCCCCC/C=C\C/C=C\CCCCC)OC(=O)CCCCCCC/C=C\C=C/CCCCCC. The highest BCUT2D eigenvalue weighted by atomic mass is 31.2. The first-order valence-corrected chi connectivity index (χ1v) is 42.5. The lowest BCUT2D eigenvalue weighted by Gasteiger charge is -2.21. The van der Waals surface area contributed by atoms with Gasteiger partial charge in [0.1, 0.15) is 19.3 Å². The Balaban J connectivity index is 5.40. The average molecular weight is 1450 g/mol. The van der Waals surface area contributed by atoms with Crippen LogP contribution in [-0.4, -0.2) is 96.7 Å². The largest absolute Gasteiger partial charge is 0.472 e. The molecular formula is C81H142O17P2. The topological polar surface area (TPSA) is 237 Å². The lowest BCUT2D eigenvalue weighted by molar-refractivity contribution is -0.161. The zero-order valence-electron chi connectivity index (χ0n) is 63.1. The lowest BCUT2D eigenvalue weighted by atomic mass is 10.1. The molecular weight excluding hydrogens is 1310 g/mol. The van der Waals surface area contributed by atoms with Crippen LogP contribution in [0.3, 0.4) is 0 Å². The van der Waals surface area contributed by atoms with Gasteiger partial charge in [0.2, 0.25) is 0 Å². The van der Waals surface area contributed by atoms with Crippen molar-refractivity contribution in [1.82, 2.24) is 0 Å². The zero-order chi connectivity index (χ0) is 73.2. The van der Waals surface area contributed by atoms with Crippen LogP contribution in [0.1, 0.15) is 336 Å². The standard InChI is InChI=1S/C81H142O17P2/c1-5-9-13-17-21-25-29-33-37-41-45-49-53-57-61-65-78(83)91-71-76(97-80(85)67-63-59-55-51-47-43-39-35-31-27-23-19-15-11-7-3)73-95-99(87,88)93-69-75(82)70-94-100(89,90)96-74-77(98-81(86)68-64-60-56-52-48-44-40-36-32-28-24-20-16-12-8-4)72-92-79(84)66-62-58-54-50-46-42-38-34-30-26-22-18-14-10-6-2/h21,24-28,30-31,33-40,75-77,82H,5-20,22-23,29,32,41-74H2,1-4H3,(H,87,88)(H,89,90)/b25-21-,28-24-,30-26-,31-27-,37-33-,38-34-,39-35-,40-36-/t75-,76-,77-/m1/s1. The molecule has 0 spiro atoms. The molecule has 0 saturated heterocycles. The molecule has 0 aliphatic rings. The van der Waals surface area contributed by atoms with E-state index < -0.39 is 97.5 Å². The first-order chi connectivity index (χ1) is 48.7. The number of unbranched alkanes of at least 4 members (excludes halogenated alkanes) is 34. The molecule has 0 aromatic rings. The van der Waals surface area contributed by atoms with Gasteiger partial charge in [-0.2, -0.15) is 0 Å². The fourth-order valence-electron chi connectivity index (χ4n) is 10.4. The van der Waals surface area contributed by atoms with E-state index in [2.05, 4.69) is 125 Å². The Morgan fingerprint density at radius 2 is 0.520 bits per heavy atom. The summed E-state index contributed by atoms with van der Waals surface area (Å²) in [7, 11) is -9.97. The first kappa shape index (κ1) is 96.0. The Hall–Kier alpha value is -4.02. The smallest absolute Gasteiger partial charge is 0.462 e. The summed E-state index contributed by atoms with van der Waals surface area (Å²) in [5.41, 5.74) is 0. The number of ether oxygens (including phenoxy) is 4. The number of aliphatic hydroxyl groups excluding tert-OH is 1. The van der Waals surface area contributed by atoms with Gasteiger partial charge in [0.25, 0.3) is 0 Å². The normalized spacial score (nSPS) is 14.4. The molecule has 0 aromatic carbocycles. The minimum absolute atomic E-state index is 0.0740. The molecule has 0 aromatic heterocycles. The Kier molecular flexibility index (Phi) is 70.4. The minimum Gasteiger partial charge on any atom is -0.462 e. The Morgan fingerprint density at radius 3 is 0.820 bits per heavy atom. The minimum atomic E-state index is -4.98. The summed E-state index contributed by atoms with van der Waals surface area (Å²) in [6.07, 6.45) is 76.6. The van der Waals surface area contributed by atoms with Crippen LogP contribution in [0.25, 0.3) is 0 Å². The number of carbonyl (C=O) groups is 4. The summed E-state index contributed by atoms with van der Waals surface area (Å²) < 4.78 is 68.5. The highest BCUT2D eigenvalue weighted by molar-refractivity contribution is 7.47. The van der Waals surface area contributed by atoms with Crippen LogP contribution in [0, 0.1) is 0 Å². The lowest BCUT2D eigenvalue weighted by Crippen LogP contribution is -2.30. The molecule has 2 unspecified atom stereocenters. The molecule has 0 fully saturated rings. The third-order valence-electron chi connectivity index (χ3n) is 16.5. The summed E-state index contributed by atoms with van der Waals surface area (Å²) in [5.74, 6) is -2.23. The van der Waals surface area contributed by atoms with E-state index >= 15 is 0 Å². The molecule has 0 aliphatic heterocycles. The fourth-order valence-corrected chi connectivity index (χ4v) is 12.0. The quantitative estimate of drug-likeness (QED) is 0.0128. The highest BCUT2D eigenvalue weighted by Crippen LogP contribution is 2.45. The molecule has 0 amide bonds. The van der Waals surface area contributed by atoms with E-state index in [1.807, 2.05) is 0 Å². The monoisotopic (exact) mass is 1450 g/mol. The van der Waals surface area contributed by atoms with Gasteiger partial charge in [0, 0.05) is 25.7 Å². The second-order valence-electron chi connectivity index (χ2n) is 26.3. The average Bonchev–Trinajstić information content (AvgIpc) is 1.01. The van der Waals surface area contributed by atoms with Crippen LogP contribution >= 0.6 is 15.6 Å². The van der Waals surface area contributed by atoms with Crippen LogP contribution in [-0.2, 0) is 65.4 Å². The molecule has 0 radical (unpaired) electrons. The number of hydrogen-bond donors (Lipinski definition) is 3. The number of aliphatic hydroxyl groups is 1. The predicted octanol–water partition coefficient (Wildman–Crippen LogP) is 22.8. The molecule has 100 heavy (non-hydrogen) atoms. The van der Waals surface area contributed by atoms with Gasteiger partial charge < -0.3 is 33.8 Å². The van der Waals surface area contributed by atoms with Crippen LogP contribution < -0.4 is 0 Å². The summed E-state index contributed by atoms with van der Waals surface area (Å²) in [5, 5.41) is 10.6. The van der Waals surface area contributed by atoms with E-state index in [0.29, 0.717) is 25.7 Å².